The normalized spacial score (nSPS) is 22.7. The summed E-state index contributed by atoms with van der Waals surface area (Å²) in [6, 6.07) is 4.13. The maximum Gasteiger partial charge on any atom is 0.264 e. The highest BCUT2D eigenvalue weighted by atomic mass is 16.2. The number of anilines is 2. The molecule has 12 nitrogen and oxygen atoms in total. The van der Waals surface area contributed by atoms with Crippen LogP contribution in [0.3, 0.4) is 0 Å². The summed E-state index contributed by atoms with van der Waals surface area (Å²) < 4.78 is 1.99. The quantitative estimate of drug-likeness (QED) is 0.312. The number of H-pyrrole nitrogens is 1. The first-order valence-corrected chi connectivity index (χ1v) is 13.9. The largest absolute Gasteiger partial charge is 0.381 e. The van der Waals surface area contributed by atoms with Crippen LogP contribution < -0.4 is 21.0 Å². The van der Waals surface area contributed by atoms with Crippen molar-refractivity contribution in [2.75, 3.05) is 24.1 Å². The minimum atomic E-state index is -1.02. The molecule has 1 aliphatic carbocycles. The number of likely N-dealkylation sites (tertiary alicyclic amines) is 1. The molecule has 3 fully saturated rings. The number of nitrogens with two attached hydrogens (primary N) is 1. The predicted octanol–water partition coefficient (Wildman–Crippen LogP) is 1.25. The molecule has 210 valence electrons. The lowest BCUT2D eigenvalue weighted by Crippen LogP contribution is -2.54. The van der Waals surface area contributed by atoms with Gasteiger partial charge in [0.15, 0.2) is 11.9 Å². The molecule has 0 radical (unpaired) electrons. The smallest absolute Gasteiger partial charge is 0.264 e. The summed E-state index contributed by atoms with van der Waals surface area (Å²) in [5.41, 5.74) is 7.81. The number of hydrogen-bond donors (Lipinski definition) is 4. The Bertz CT molecular complexity index is 1420. The number of carbonyl (C=O) groups excluding carboxylic acids is 5. The second-order valence-electron chi connectivity index (χ2n) is 11.6. The third-order valence-corrected chi connectivity index (χ3v) is 8.95. The van der Waals surface area contributed by atoms with Crippen LogP contribution in [0.25, 0.3) is 0 Å². The standard InChI is InChI=1S/C28H33N7O5/c1-28(10-3-11-28)27(40)33-12-8-17(9-13-33)34-15-16(23(29)32-34)14-30-19-5-2-4-18-22(19)26(39)35(25(18)38)20-6-7-21(36)31-24(20)37/h2,4-5,15,17,20H,3,6-14H2,1H3,(H4,29,30,31,32,36,37,39)/p+1. The van der Waals surface area contributed by atoms with Crippen molar-refractivity contribution in [2.24, 2.45) is 5.41 Å². The fourth-order valence-corrected chi connectivity index (χ4v) is 6.32. The first-order chi connectivity index (χ1) is 19.2. The van der Waals surface area contributed by atoms with Crippen molar-refractivity contribution in [3.63, 3.8) is 0 Å². The van der Waals surface area contributed by atoms with E-state index in [0.29, 0.717) is 31.1 Å². The van der Waals surface area contributed by atoms with Gasteiger partial charge in [-0.05, 0) is 31.4 Å². The highest BCUT2D eigenvalue weighted by Gasteiger charge is 2.46. The second kappa shape index (κ2) is 9.76. The van der Waals surface area contributed by atoms with Crippen molar-refractivity contribution in [3.8, 4) is 0 Å². The van der Waals surface area contributed by atoms with Gasteiger partial charge in [-0.2, -0.15) is 0 Å². The van der Waals surface area contributed by atoms with Crippen LogP contribution in [-0.2, 0) is 20.9 Å². The molecule has 1 aromatic carbocycles. The Kier molecular flexibility index (Phi) is 6.35. The lowest BCUT2D eigenvalue weighted by atomic mass is 9.69. The molecule has 4 aliphatic rings. The highest BCUT2D eigenvalue weighted by molar-refractivity contribution is 6.25. The number of fused-ring (bicyclic) bond motifs is 1. The minimum Gasteiger partial charge on any atom is -0.381 e. The van der Waals surface area contributed by atoms with E-state index < -0.39 is 29.7 Å². The molecule has 2 aromatic rings. The van der Waals surface area contributed by atoms with Crippen LogP contribution >= 0.6 is 0 Å². The molecular formula is C28H34N7O5+. The Morgan fingerprint density at radius 3 is 2.55 bits per heavy atom. The molecule has 1 unspecified atom stereocenters. The van der Waals surface area contributed by atoms with Gasteiger partial charge in [0.2, 0.25) is 23.9 Å². The molecule has 4 heterocycles. The van der Waals surface area contributed by atoms with E-state index in [4.69, 9.17) is 5.73 Å². The average molecular weight is 549 g/mol. The predicted molar refractivity (Wildman–Crippen MR) is 143 cm³/mol. The average Bonchev–Trinajstić information content (AvgIpc) is 3.42. The van der Waals surface area contributed by atoms with Crippen LogP contribution in [0.2, 0.25) is 0 Å². The third-order valence-electron chi connectivity index (χ3n) is 8.95. The number of rotatable bonds is 6. The van der Waals surface area contributed by atoms with Crippen molar-refractivity contribution in [1.29, 1.82) is 0 Å². The lowest BCUT2D eigenvalue weighted by Gasteiger charge is -2.42. The van der Waals surface area contributed by atoms with Crippen LogP contribution in [0.15, 0.2) is 24.4 Å². The molecule has 40 heavy (non-hydrogen) atoms. The Balaban J connectivity index is 1.12. The van der Waals surface area contributed by atoms with Crippen LogP contribution in [0.1, 0.15) is 84.2 Å². The molecule has 6 rings (SSSR count). The summed E-state index contributed by atoms with van der Waals surface area (Å²) in [4.78, 5) is 66.2. The Morgan fingerprint density at radius 2 is 1.88 bits per heavy atom. The van der Waals surface area contributed by atoms with E-state index in [1.165, 1.54) is 0 Å². The maximum absolute atomic E-state index is 13.3. The molecule has 5 amide bonds. The van der Waals surface area contributed by atoms with Gasteiger partial charge in [-0.1, -0.05) is 19.4 Å². The lowest BCUT2D eigenvalue weighted by molar-refractivity contribution is -0.775. The van der Waals surface area contributed by atoms with Crippen LogP contribution in [-0.4, -0.2) is 63.6 Å². The van der Waals surface area contributed by atoms with Crippen molar-refractivity contribution < 1.29 is 28.7 Å². The van der Waals surface area contributed by atoms with Crippen molar-refractivity contribution in [1.82, 2.24) is 20.2 Å². The number of aromatic nitrogens is 2. The van der Waals surface area contributed by atoms with Crippen LogP contribution in [0.4, 0.5) is 11.5 Å². The van der Waals surface area contributed by atoms with Gasteiger partial charge in [0.05, 0.1) is 16.7 Å². The summed E-state index contributed by atoms with van der Waals surface area (Å²) >= 11 is 0. The number of nitrogen functional groups attached to an aromatic ring is 1. The summed E-state index contributed by atoms with van der Waals surface area (Å²) in [7, 11) is 0. The van der Waals surface area contributed by atoms with E-state index in [0.717, 1.165) is 42.6 Å². The Labute approximate surface area is 231 Å². The summed E-state index contributed by atoms with van der Waals surface area (Å²) in [6.45, 7) is 3.81. The van der Waals surface area contributed by atoms with E-state index in [2.05, 4.69) is 22.7 Å². The summed E-state index contributed by atoms with van der Waals surface area (Å²) in [6.07, 6.45) is 6.86. The number of carbonyl (C=O) groups is 5. The maximum atomic E-state index is 13.3. The number of aromatic amines is 1. The number of piperidine rings is 2. The molecule has 12 heteroatoms. The number of amides is 5. The molecule has 1 atom stereocenters. The van der Waals surface area contributed by atoms with Crippen LogP contribution in [0, 0.1) is 5.41 Å². The third kappa shape index (κ3) is 4.31. The fourth-order valence-electron chi connectivity index (χ4n) is 6.32. The zero-order valence-electron chi connectivity index (χ0n) is 22.5. The topological polar surface area (TPSA) is 162 Å². The van der Waals surface area contributed by atoms with Gasteiger partial charge in [-0.3, -0.25) is 34.2 Å². The molecule has 0 spiro atoms. The monoisotopic (exact) mass is 548 g/mol. The molecule has 3 aliphatic heterocycles. The zero-order valence-corrected chi connectivity index (χ0v) is 22.5. The van der Waals surface area contributed by atoms with Crippen molar-refractivity contribution in [2.45, 2.75) is 70.5 Å². The van der Waals surface area contributed by atoms with Gasteiger partial charge in [0.25, 0.3) is 11.8 Å². The molecule has 5 N–H and O–H groups in total. The molecule has 0 bridgehead atoms. The number of nitrogens with one attached hydrogen (secondary N) is 3. The van der Waals surface area contributed by atoms with Crippen LogP contribution in [0.5, 0.6) is 0 Å². The van der Waals surface area contributed by atoms with E-state index in [-0.39, 0.29) is 41.3 Å². The van der Waals surface area contributed by atoms with E-state index in [1.54, 1.807) is 18.2 Å². The fraction of sp³-hybridized carbons (Fsp3) is 0.500. The number of hydrogen-bond acceptors (Lipinski definition) is 7. The SMILES string of the molecule is CC1(C(=O)N2CCC([n+]3cc(CNc4cccc5c4C(=O)N(C4CCC(=O)NC4=O)C5=O)c(N)[nH]3)CC2)CCC1. The Hall–Kier alpha value is -4.22. The van der Waals surface area contributed by atoms with Crippen molar-refractivity contribution in [3.05, 3.63) is 41.1 Å². The molecular weight excluding hydrogens is 514 g/mol. The van der Waals surface area contributed by atoms with Crippen molar-refractivity contribution >= 4 is 41.0 Å². The first kappa shape index (κ1) is 26.0. The van der Waals surface area contributed by atoms with E-state index >= 15 is 0 Å². The number of imide groups is 2. The Morgan fingerprint density at radius 1 is 1.12 bits per heavy atom. The first-order valence-electron chi connectivity index (χ1n) is 13.9. The van der Waals surface area contributed by atoms with Gasteiger partial charge in [0, 0.05) is 50.0 Å². The second-order valence-corrected chi connectivity index (χ2v) is 11.6. The minimum absolute atomic E-state index is 0.0659. The van der Waals surface area contributed by atoms with Gasteiger partial charge >= 0.3 is 0 Å². The number of benzene rings is 1. The van der Waals surface area contributed by atoms with E-state index in [1.807, 2.05) is 15.8 Å². The van der Waals surface area contributed by atoms with E-state index in [9.17, 15) is 24.0 Å². The van der Waals surface area contributed by atoms with Gasteiger partial charge in [-0.25, -0.2) is 0 Å². The molecule has 1 saturated carbocycles. The zero-order chi connectivity index (χ0) is 28.2. The van der Waals surface area contributed by atoms with Gasteiger partial charge < -0.3 is 16.0 Å². The summed E-state index contributed by atoms with van der Waals surface area (Å²) in [5, 5.41) is 8.68. The van der Waals surface area contributed by atoms with Gasteiger partial charge in [-0.15, -0.1) is 9.78 Å². The molecule has 2 saturated heterocycles. The number of nitrogens with zero attached hydrogens (tertiary/aromatic N) is 3. The highest BCUT2D eigenvalue weighted by Crippen LogP contribution is 2.42. The molecule has 1 aromatic heterocycles. The summed E-state index contributed by atoms with van der Waals surface area (Å²) in [5.74, 6) is -1.40. The van der Waals surface area contributed by atoms with Gasteiger partial charge in [0.1, 0.15) is 6.04 Å².